The van der Waals surface area contributed by atoms with Crippen LogP contribution in [0.2, 0.25) is 0 Å². The highest BCUT2D eigenvalue weighted by Crippen LogP contribution is 2.27. The van der Waals surface area contributed by atoms with Crippen LogP contribution in [-0.4, -0.2) is 36.2 Å². The molecule has 5 heteroatoms. The third kappa shape index (κ3) is 3.54. The number of hydrogen-bond donors (Lipinski definition) is 0. The summed E-state index contributed by atoms with van der Waals surface area (Å²) in [6.45, 7) is 4.40. The van der Waals surface area contributed by atoms with E-state index in [-0.39, 0.29) is 0 Å². The molecule has 21 heavy (non-hydrogen) atoms. The first-order valence-electron chi connectivity index (χ1n) is 7.12. The van der Waals surface area contributed by atoms with E-state index >= 15 is 0 Å². The molecule has 1 aliphatic rings. The fraction of sp³-hybridized carbons (Fsp3) is 0.500. The first kappa shape index (κ1) is 15.4. The van der Waals surface area contributed by atoms with E-state index in [1.165, 1.54) is 12.0 Å². The van der Waals surface area contributed by atoms with Gasteiger partial charge in [0.25, 0.3) is 0 Å². The monoisotopic (exact) mass is 291 g/mol. The lowest BCUT2D eigenvalue weighted by Crippen LogP contribution is -2.43. The summed E-state index contributed by atoms with van der Waals surface area (Å²) in [6.07, 6.45) is -0.273. The molecule has 0 saturated carbocycles. The number of ether oxygens (including phenoxy) is 2. The van der Waals surface area contributed by atoms with E-state index in [1.807, 2.05) is 44.2 Å². The smallest absolute Gasteiger partial charge is 0.411 e. The van der Waals surface area contributed by atoms with Crippen molar-refractivity contribution in [1.29, 1.82) is 0 Å². The quantitative estimate of drug-likeness (QED) is 0.782. The van der Waals surface area contributed by atoms with Gasteiger partial charge >= 0.3 is 12.1 Å². The number of methoxy groups -OCH3 is 1. The highest BCUT2D eigenvalue weighted by Gasteiger charge is 2.46. The van der Waals surface area contributed by atoms with Crippen LogP contribution in [0, 0.1) is 5.92 Å². The minimum Gasteiger partial charge on any atom is -0.467 e. The fourth-order valence-electron chi connectivity index (χ4n) is 2.56. The summed E-state index contributed by atoms with van der Waals surface area (Å²) in [6, 6.07) is 8.86. The third-order valence-corrected chi connectivity index (χ3v) is 3.52. The zero-order valence-corrected chi connectivity index (χ0v) is 12.6. The Bertz CT molecular complexity index is 500. The van der Waals surface area contributed by atoms with Crippen molar-refractivity contribution in [2.24, 2.45) is 5.92 Å². The summed E-state index contributed by atoms with van der Waals surface area (Å²) in [5.41, 5.74) is 0.952. The molecular formula is C16H21NO4. The Morgan fingerprint density at radius 2 is 2.00 bits per heavy atom. The molecular weight excluding hydrogens is 270 g/mol. The molecule has 2 atom stereocenters. The van der Waals surface area contributed by atoms with Crippen LogP contribution >= 0.6 is 0 Å². The molecule has 1 fully saturated rings. The Morgan fingerprint density at radius 3 is 2.57 bits per heavy atom. The van der Waals surface area contributed by atoms with Crippen molar-refractivity contribution in [3.8, 4) is 0 Å². The number of rotatable bonds is 5. The molecule has 0 aromatic heterocycles. The zero-order chi connectivity index (χ0) is 15.4. The van der Waals surface area contributed by atoms with Gasteiger partial charge in [-0.25, -0.2) is 9.59 Å². The summed E-state index contributed by atoms with van der Waals surface area (Å²) in [4.78, 5) is 25.6. The highest BCUT2D eigenvalue weighted by molar-refractivity contribution is 5.85. The summed E-state index contributed by atoms with van der Waals surface area (Å²) in [5.74, 6) is -0.103. The maximum Gasteiger partial charge on any atom is 0.411 e. The van der Waals surface area contributed by atoms with Gasteiger partial charge < -0.3 is 9.47 Å². The molecule has 1 aliphatic heterocycles. The minimum atomic E-state index is -0.676. The number of hydrogen-bond acceptors (Lipinski definition) is 4. The van der Waals surface area contributed by atoms with Crippen LogP contribution in [0.15, 0.2) is 30.3 Å². The number of nitrogens with zero attached hydrogens (tertiary/aromatic N) is 1. The lowest BCUT2D eigenvalue weighted by atomic mass is 9.99. The number of cyclic esters (lactones) is 1. The van der Waals surface area contributed by atoms with Crippen LogP contribution in [-0.2, 0) is 20.8 Å². The van der Waals surface area contributed by atoms with E-state index < -0.39 is 24.2 Å². The number of carbonyl (C=O) groups excluding carboxylic acids is 2. The van der Waals surface area contributed by atoms with E-state index in [4.69, 9.17) is 9.47 Å². The molecule has 0 unspecified atom stereocenters. The molecule has 114 valence electrons. The van der Waals surface area contributed by atoms with Crippen molar-refractivity contribution < 1.29 is 19.1 Å². The first-order chi connectivity index (χ1) is 10.0. The number of carbonyl (C=O) groups is 2. The molecule has 0 bridgehead atoms. The van der Waals surface area contributed by atoms with Crippen LogP contribution in [0.25, 0.3) is 0 Å². The van der Waals surface area contributed by atoms with Gasteiger partial charge in [0.15, 0.2) is 6.04 Å². The lowest BCUT2D eigenvalue weighted by molar-refractivity contribution is -0.146. The molecule has 5 nitrogen and oxygen atoms in total. The summed E-state index contributed by atoms with van der Waals surface area (Å²) in [5, 5.41) is 0. The molecule has 0 aliphatic carbocycles. The van der Waals surface area contributed by atoms with Crippen molar-refractivity contribution >= 4 is 12.1 Å². The van der Waals surface area contributed by atoms with E-state index in [0.29, 0.717) is 18.9 Å². The summed E-state index contributed by atoms with van der Waals surface area (Å²) in [7, 11) is 1.33. The van der Waals surface area contributed by atoms with Crippen molar-refractivity contribution in [2.45, 2.75) is 39.0 Å². The molecule has 0 N–H and O–H groups in total. The van der Waals surface area contributed by atoms with Gasteiger partial charge in [0.05, 0.1) is 13.7 Å². The predicted octanol–water partition coefficient (Wildman–Crippen LogP) is 2.60. The van der Waals surface area contributed by atoms with Crippen LogP contribution in [0.1, 0.15) is 25.8 Å². The maximum absolute atomic E-state index is 12.1. The Labute approximate surface area is 124 Å². The van der Waals surface area contributed by atoms with Gasteiger partial charge in [0.2, 0.25) is 0 Å². The van der Waals surface area contributed by atoms with Crippen molar-refractivity contribution in [3.63, 3.8) is 0 Å². The molecule has 0 spiro atoms. The molecule has 1 aromatic carbocycles. The van der Waals surface area contributed by atoms with E-state index in [0.717, 1.165) is 5.56 Å². The Balaban J connectivity index is 2.20. The largest absolute Gasteiger partial charge is 0.467 e. The Hall–Kier alpha value is -2.04. The van der Waals surface area contributed by atoms with E-state index in [1.54, 1.807) is 0 Å². The predicted molar refractivity (Wildman–Crippen MR) is 77.5 cm³/mol. The summed E-state index contributed by atoms with van der Waals surface area (Å²) >= 11 is 0. The van der Waals surface area contributed by atoms with Gasteiger partial charge in [0, 0.05) is 0 Å². The van der Waals surface area contributed by atoms with Crippen LogP contribution in [0.5, 0.6) is 0 Å². The van der Waals surface area contributed by atoms with E-state index in [2.05, 4.69) is 0 Å². The average molecular weight is 291 g/mol. The SMILES string of the molecule is COC(=O)[C@H]1[C@H](CC(C)C)OC(=O)N1Cc1ccccc1. The highest BCUT2D eigenvalue weighted by atomic mass is 16.6. The molecule has 1 aromatic rings. The van der Waals surface area contributed by atoms with Crippen molar-refractivity contribution in [3.05, 3.63) is 35.9 Å². The second-order valence-corrected chi connectivity index (χ2v) is 5.63. The van der Waals surface area contributed by atoms with Crippen LogP contribution in [0.4, 0.5) is 4.79 Å². The van der Waals surface area contributed by atoms with Crippen LogP contribution < -0.4 is 0 Å². The van der Waals surface area contributed by atoms with Gasteiger partial charge in [0.1, 0.15) is 6.10 Å². The molecule has 0 radical (unpaired) electrons. The Morgan fingerprint density at radius 1 is 1.33 bits per heavy atom. The number of amides is 1. The molecule has 2 rings (SSSR count). The average Bonchev–Trinajstić information content (AvgIpc) is 2.74. The van der Waals surface area contributed by atoms with Gasteiger partial charge in [-0.05, 0) is 17.9 Å². The number of benzene rings is 1. The summed E-state index contributed by atoms with van der Waals surface area (Å²) < 4.78 is 10.2. The van der Waals surface area contributed by atoms with E-state index in [9.17, 15) is 9.59 Å². The van der Waals surface area contributed by atoms with Crippen molar-refractivity contribution in [1.82, 2.24) is 4.90 Å². The molecule has 1 amide bonds. The first-order valence-corrected chi connectivity index (χ1v) is 7.12. The molecule has 1 heterocycles. The normalized spacial score (nSPS) is 21.5. The zero-order valence-electron chi connectivity index (χ0n) is 12.6. The fourth-order valence-corrected chi connectivity index (χ4v) is 2.56. The van der Waals surface area contributed by atoms with Gasteiger partial charge in [-0.2, -0.15) is 0 Å². The second-order valence-electron chi connectivity index (χ2n) is 5.63. The minimum absolute atomic E-state index is 0.326. The van der Waals surface area contributed by atoms with Gasteiger partial charge in [-0.3, -0.25) is 4.90 Å². The lowest BCUT2D eigenvalue weighted by Gasteiger charge is -2.23. The Kier molecular flexibility index (Phi) is 4.83. The standard InChI is InChI=1S/C16H21NO4/c1-11(2)9-13-14(15(18)20-3)17(16(19)21-13)10-12-7-5-4-6-8-12/h4-8,11,13-14H,9-10H2,1-3H3/t13-,14+/m0/s1. The third-order valence-electron chi connectivity index (χ3n) is 3.52. The molecule has 1 saturated heterocycles. The van der Waals surface area contributed by atoms with Crippen LogP contribution in [0.3, 0.4) is 0 Å². The van der Waals surface area contributed by atoms with Gasteiger partial charge in [-0.1, -0.05) is 44.2 Å². The van der Waals surface area contributed by atoms with Gasteiger partial charge in [-0.15, -0.1) is 0 Å². The van der Waals surface area contributed by atoms with Crippen molar-refractivity contribution in [2.75, 3.05) is 7.11 Å². The number of esters is 1. The topological polar surface area (TPSA) is 55.8 Å². The maximum atomic E-state index is 12.1. The second kappa shape index (κ2) is 6.61.